The van der Waals surface area contributed by atoms with Gasteiger partial charge in [-0.2, -0.15) is 0 Å². The van der Waals surface area contributed by atoms with Crippen LogP contribution in [0.4, 0.5) is 5.69 Å². The molecule has 1 amide bonds. The lowest BCUT2D eigenvalue weighted by molar-refractivity contribution is -0.384. The highest BCUT2D eigenvalue weighted by Crippen LogP contribution is 2.29. The molecule has 126 valence electrons. The number of nitrogens with zero attached hydrogens (tertiary/aromatic N) is 2. The summed E-state index contributed by atoms with van der Waals surface area (Å²) < 4.78 is 5.20. The molecule has 1 saturated heterocycles. The van der Waals surface area contributed by atoms with Crippen LogP contribution in [0.1, 0.15) is 41.5 Å². The predicted molar refractivity (Wildman–Crippen MR) is 85.4 cm³/mol. The Morgan fingerprint density at radius 2 is 2.25 bits per heavy atom. The molecule has 1 fully saturated rings. The van der Waals surface area contributed by atoms with Crippen molar-refractivity contribution in [1.29, 1.82) is 0 Å². The van der Waals surface area contributed by atoms with Crippen LogP contribution in [0.2, 0.25) is 0 Å². The van der Waals surface area contributed by atoms with Gasteiger partial charge in [0.25, 0.3) is 11.6 Å². The van der Waals surface area contributed by atoms with E-state index in [1.807, 2.05) is 0 Å². The Kier molecular flexibility index (Phi) is 4.61. The number of rotatable bonds is 5. The quantitative estimate of drug-likeness (QED) is 0.671. The van der Waals surface area contributed by atoms with Gasteiger partial charge in [0.05, 0.1) is 11.2 Å². The third-order valence-corrected chi connectivity index (χ3v) is 4.31. The molecule has 1 aliphatic heterocycles. The van der Waals surface area contributed by atoms with Crippen molar-refractivity contribution in [3.8, 4) is 0 Å². The summed E-state index contributed by atoms with van der Waals surface area (Å²) in [6, 6.07) is 9.03. The van der Waals surface area contributed by atoms with Crippen LogP contribution in [0.3, 0.4) is 0 Å². The van der Waals surface area contributed by atoms with Gasteiger partial charge >= 0.3 is 0 Å². The van der Waals surface area contributed by atoms with Crippen LogP contribution in [-0.4, -0.2) is 33.4 Å². The first kappa shape index (κ1) is 16.2. The fourth-order valence-corrected chi connectivity index (χ4v) is 3.12. The molecule has 0 spiro atoms. The largest absolute Gasteiger partial charge is 0.467 e. The van der Waals surface area contributed by atoms with Gasteiger partial charge in [-0.1, -0.05) is 6.07 Å². The van der Waals surface area contributed by atoms with Gasteiger partial charge in [0.1, 0.15) is 11.9 Å². The minimum atomic E-state index is -0.775. The summed E-state index contributed by atoms with van der Waals surface area (Å²) in [4.78, 5) is 24.7. The Morgan fingerprint density at radius 1 is 1.42 bits per heavy atom. The van der Waals surface area contributed by atoms with Gasteiger partial charge in [-0.05, 0) is 31.0 Å². The normalized spacial score (nSPS) is 18.5. The molecule has 0 aliphatic carbocycles. The lowest BCUT2D eigenvalue weighted by Crippen LogP contribution is -2.36. The van der Waals surface area contributed by atoms with Crippen molar-refractivity contribution in [2.75, 3.05) is 6.54 Å². The first-order valence-corrected chi connectivity index (χ1v) is 7.83. The number of aliphatic hydroxyl groups is 1. The summed E-state index contributed by atoms with van der Waals surface area (Å²) in [5.41, 5.74) is 0.191. The molecule has 2 aromatic rings. The summed E-state index contributed by atoms with van der Waals surface area (Å²) >= 11 is 0. The van der Waals surface area contributed by atoms with Gasteiger partial charge in [-0.15, -0.1) is 0 Å². The van der Waals surface area contributed by atoms with Crippen molar-refractivity contribution in [3.05, 3.63) is 64.1 Å². The maximum absolute atomic E-state index is 12.7. The Morgan fingerprint density at radius 3 is 2.96 bits per heavy atom. The fraction of sp³-hybridized carbons (Fsp3) is 0.353. The first-order chi connectivity index (χ1) is 11.6. The minimum absolute atomic E-state index is 0.104. The number of hydrogen-bond donors (Lipinski definition) is 1. The number of amides is 1. The van der Waals surface area contributed by atoms with Crippen molar-refractivity contribution in [3.63, 3.8) is 0 Å². The molecule has 2 heterocycles. The molecule has 1 aliphatic rings. The molecule has 0 radical (unpaired) electrons. The first-order valence-electron chi connectivity index (χ1n) is 7.83. The topological polar surface area (TPSA) is 96.8 Å². The molecule has 1 aromatic heterocycles. The van der Waals surface area contributed by atoms with Gasteiger partial charge in [0.2, 0.25) is 0 Å². The van der Waals surface area contributed by atoms with Crippen molar-refractivity contribution in [1.82, 2.24) is 4.90 Å². The summed E-state index contributed by atoms with van der Waals surface area (Å²) in [6.07, 6.45) is 2.74. The number of likely N-dealkylation sites (tertiary alicyclic amines) is 1. The highest BCUT2D eigenvalue weighted by atomic mass is 16.6. The fourth-order valence-electron chi connectivity index (χ4n) is 3.12. The Bertz CT molecular complexity index is 728. The zero-order chi connectivity index (χ0) is 17.1. The molecule has 1 aromatic carbocycles. The van der Waals surface area contributed by atoms with Gasteiger partial charge in [-0.25, -0.2) is 0 Å². The number of benzene rings is 1. The van der Waals surface area contributed by atoms with E-state index < -0.39 is 11.0 Å². The lowest BCUT2D eigenvalue weighted by Gasteiger charge is -2.26. The van der Waals surface area contributed by atoms with E-state index in [4.69, 9.17) is 4.42 Å². The summed E-state index contributed by atoms with van der Waals surface area (Å²) in [6.45, 7) is 0.580. The number of furan rings is 1. The summed E-state index contributed by atoms with van der Waals surface area (Å²) in [5, 5.41) is 21.1. The van der Waals surface area contributed by atoms with E-state index in [1.54, 1.807) is 23.1 Å². The summed E-state index contributed by atoms with van der Waals surface area (Å²) in [5.74, 6) is 0.234. The minimum Gasteiger partial charge on any atom is -0.467 e. The second-order valence-corrected chi connectivity index (χ2v) is 5.87. The molecule has 24 heavy (non-hydrogen) atoms. The molecule has 0 saturated carbocycles. The van der Waals surface area contributed by atoms with E-state index in [9.17, 15) is 20.0 Å². The van der Waals surface area contributed by atoms with Gasteiger partial charge in [0.15, 0.2) is 0 Å². The molecule has 2 atom stereocenters. The van der Waals surface area contributed by atoms with Gasteiger partial charge < -0.3 is 14.4 Å². The van der Waals surface area contributed by atoms with Crippen molar-refractivity contribution >= 4 is 11.6 Å². The molecule has 7 heteroatoms. The number of carbonyl (C=O) groups excluding carboxylic acids is 1. The second kappa shape index (κ2) is 6.84. The number of non-ortho nitro benzene ring substituents is 1. The molecule has 1 N–H and O–H groups in total. The van der Waals surface area contributed by atoms with Crippen LogP contribution in [0.5, 0.6) is 0 Å². The number of nitro benzene ring substituents is 1. The number of hydrogen-bond acceptors (Lipinski definition) is 5. The predicted octanol–water partition coefficient (Wildman–Crippen LogP) is 2.92. The monoisotopic (exact) mass is 330 g/mol. The lowest BCUT2D eigenvalue weighted by atomic mass is 10.0. The van der Waals surface area contributed by atoms with Crippen LogP contribution in [0.15, 0.2) is 47.1 Å². The van der Waals surface area contributed by atoms with E-state index in [2.05, 4.69) is 0 Å². The standard InChI is InChI=1S/C17H18N2O5/c20-15(16-7-3-9-24-16)11-13-6-2-8-18(13)17(21)12-4-1-5-14(10-12)19(22)23/h1,3-5,7,9-10,13,15,20H,2,6,8,11H2. The van der Waals surface area contributed by atoms with Crippen LogP contribution < -0.4 is 0 Å². The molecule has 3 rings (SSSR count). The maximum atomic E-state index is 12.7. The highest BCUT2D eigenvalue weighted by molar-refractivity contribution is 5.95. The third-order valence-electron chi connectivity index (χ3n) is 4.31. The SMILES string of the molecule is O=C(c1cccc([N+](=O)[O-])c1)N1CCCC1CC(O)c1ccco1. The van der Waals surface area contributed by atoms with Crippen LogP contribution in [0.25, 0.3) is 0 Å². The van der Waals surface area contributed by atoms with Crippen LogP contribution in [0, 0.1) is 10.1 Å². The van der Waals surface area contributed by atoms with Crippen molar-refractivity contribution in [2.45, 2.75) is 31.4 Å². The Labute approximate surface area is 138 Å². The van der Waals surface area contributed by atoms with E-state index >= 15 is 0 Å². The van der Waals surface area contributed by atoms with Gasteiger partial charge in [0, 0.05) is 36.7 Å². The molecule has 7 nitrogen and oxygen atoms in total. The average molecular weight is 330 g/mol. The highest BCUT2D eigenvalue weighted by Gasteiger charge is 2.32. The molecule has 0 bridgehead atoms. The number of nitro groups is 1. The van der Waals surface area contributed by atoms with Crippen molar-refractivity contribution < 1.29 is 19.2 Å². The number of aliphatic hydroxyl groups excluding tert-OH is 1. The van der Waals surface area contributed by atoms with Crippen molar-refractivity contribution in [2.24, 2.45) is 0 Å². The zero-order valence-corrected chi connectivity index (χ0v) is 13.0. The van der Waals surface area contributed by atoms with E-state index in [1.165, 1.54) is 24.5 Å². The Balaban J connectivity index is 1.74. The summed E-state index contributed by atoms with van der Waals surface area (Å²) in [7, 11) is 0. The maximum Gasteiger partial charge on any atom is 0.270 e. The van der Waals surface area contributed by atoms with E-state index in [-0.39, 0.29) is 17.6 Å². The van der Waals surface area contributed by atoms with E-state index in [0.717, 1.165) is 12.8 Å². The second-order valence-electron chi connectivity index (χ2n) is 5.87. The average Bonchev–Trinajstić information content (AvgIpc) is 3.26. The van der Waals surface area contributed by atoms with Crippen LogP contribution in [-0.2, 0) is 0 Å². The molecular formula is C17H18N2O5. The van der Waals surface area contributed by atoms with Gasteiger partial charge in [-0.3, -0.25) is 14.9 Å². The molecular weight excluding hydrogens is 312 g/mol. The smallest absolute Gasteiger partial charge is 0.270 e. The number of carbonyl (C=O) groups is 1. The zero-order valence-electron chi connectivity index (χ0n) is 13.0. The third kappa shape index (κ3) is 3.30. The van der Waals surface area contributed by atoms with E-state index in [0.29, 0.717) is 24.3 Å². The molecule has 2 unspecified atom stereocenters. The van der Waals surface area contributed by atoms with Crippen LogP contribution >= 0.6 is 0 Å². The Hall–Kier alpha value is -2.67.